The molecule has 0 saturated carbocycles. The Morgan fingerprint density at radius 2 is 2.06 bits per heavy atom. The Balaban J connectivity index is 2.37. The Hall–Kier alpha value is -1.25. The number of hydrogen-bond acceptors (Lipinski definition) is 2. The monoisotopic (exact) mass is 249 g/mol. The van der Waals surface area contributed by atoms with Gasteiger partial charge in [0, 0.05) is 10.6 Å². The van der Waals surface area contributed by atoms with Gasteiger partial charge in [-0.3, -0.25) is 0 Å². The second-order valence-corrected chi connectivity index (χ2v) is 4.61. The van der Waals surface area contributed by atoms with Gasteiger partial charge in [-0.2, -0.15) is 0 Å². The van der Waals surface area contributed by atoms with E-state index in [1.54, 1.807) is 0 Å². The van der Waals surface area contributed by atoms with E-state index < -0.39 is 0 Å². The first-order valence-electron chi connectivity index (χ1n) is 5.73. The van der Waals surface area contributed by atoms with E-state index >= 15 is 0 Å². The molecule has 0 amide bonds. The van der Waals surface area contributed by atoms with Gasteiger partial charge in [0.1, 0.15) is 11.5 Å². The van der Waals surface area contributed by atoms with Crippen LogP contribution in [0.1, 0.15) is 30.7 Å². The van der Waals surface area contributed by atoms with Crippen LogP contribution in [0.2, 0.25) is 5.02 Å². The fourth-order valence-electron chi connectivity index (χ4n) is 1.80. The van der Waals surface area contributed by atoms with Crippen LogP contribution < -0.4 is 5.73 Å². The average molecular weight is 250 g/mol. The third kappa shape index (κ3) is 2.54. The summed E-state index contributed by atoms with van der Waals surface area (Å²) in [6.07, 6.45) is 0.868. The van der Waals surface area contributed by atoms with Crippen LogP contribution in [0.15, 0.2) is 34.7 Å². The molecule has 1 atom stereocenters. The zero-order chi connectivity index (χ0) is 12.4. The topological polar surface area (TPSA) is 39.2 Å². The normalized spacial score (nSPS) is 12.7. The molecular weight excluding hydrogens is 234 g/mol. The van der Waals surface area contributed by atoms with Crippen molar-refractivity contribution in [3.05, 3.63) is 46.7 Å². The zero-order valence-corrected chi connectivity index (χ0v) is 10.8. The number of nitrogens with two attached hydrogens (primary N) is 1. The highest BCUT2D eigenvalue weighted by molar-refractivity contribution is 6.30. The molecule has 2 nitrogen and oxygen atoms in total. The average Bonchev–Trinajstić information content (AvgIpc) is 2.77. The molecular formula is C14H16ClNO. The molecule has 0 aliphatic carbocycles. The van der Waals surface area contributed by atoms with E-state index in [2.05, 4.69) is 0 Å². The number of aryl methyl sites for hydroxylation is 1. The quantitative estimate of drug-likeness (QED) is 0.880. The van der Waals surface area contributed by atoms with Gasteiger partial charge in [-0.1, -0.05) is 18.5 Å². The lowest BCUT2D eigenvalue weighted by atomic mass is 10.1. The van der Waals surface area contributed by atoms with E-state index in [9.17, 15) is 0 Å². The highest BCUT2D eigenvalue weighted by Crippen LogP contribution is 2.29. The van der Waals surface area contributed by atoms with Crippen LogP contribution in [0.3, 0.4) is 0 Å². The number of rotatable bonds is 3. The fourth-order valence-corrected chi connectivity index (χ4v) is 2.03. The molecule has 0 radical (unpaired) electrons. The van der Waals surface area contributed by atoms with Crippen molar-refractivity contribution >= 4 is 11.6 Å². The molecule has 1 aromatic carbocycles. The van der Waals surface area contributed by atoms with Crippen LogP contribution in [-0.4, -0.2) is 0 Å². The van der Waals surface area contributed by atoms with E-state index in [1.807, 2.05) is 44.2 Å². The molecule has 90 valence electrons. The van der Waals surface area contributed by atoms with Gasteiger partial charge in [-0.25, -0.2) is 0 Å². The van der Waals surface area contributed by atoms with Crippen LogP contribution in [0.5, 0.6) is 0 Å². The second-order valence-electron chi connectivity index (χ2n) is 4.18. The summed E-state index contributed by atoms with van der Waals surface area (Å²) in [6, 6.07) is 9.64. The molecule has 2 rings (SSSR count). The summed E-state index contributed by atoms with van der Waals surface area (Å²) in [6.45, 7) is 4.06. The van der Waals surface area contributed by atoms with E-state index in [1.165, 1.54) is 0 Å². The molecule has 0 aliphatic rings. The van der Waals surface area contributed by atoms with Gasteiger partial charge in [0.05, 0.1) is 6.04 Å². The minimum atomic E-state index is -0.0312. The maximum Gasteiger partial charge on any atom is 0.134 e. The summed E-state index contributed by atoms with van der Waals surface area (Å²) in [5.74, 6) is 1.68. The minimum Gasteiger partial charge on any atom is -0.459 e. The zero-order valence-electron chi connectivity index (χ0n) is 10.0. The third-order valence-corrected chi connectivity index (χ3v) is 3.12. The number of halogens is 1. The molecule has 0 spiro atoms. The van der Waals surface area contributed by atoms with Crippen molar-refractivity contribution in [3.63, 3.8) is 0 Å². The summed E-state index contributed by atoms with van der Waals surface area (Å²) >= 11 is 5.93. The molecule has 0 bridgehead atoms. The van der Waals surface area contributed by atoms with E-state index in [0.717, 1.165) is 34.1 Å². The van der Waals surface area contributed by atoms with Crippen LogP contribution in [0, 0.1) is 6.92 Å². The maximum atomic E-state index is 5.93. The minimum absolute atomic E-state index is 0.0312. The van der Waals surface area contributed by atoms with E-state index in [-0.39, 0.29) is 6.04 Å². The fraction of sp³-hybridized carbons (Fsp3) is 0.286. The Bertz CT molecular complexity index is 519. The van der Waals surface area contributed by atoms with Crippen molar-refractivity contribution in [2.75, 3.05) is 0 Å². The predicted molar refractivity (Wildman–Crippen MR) is 71.1 cm³/mol. The van der Waals surface area contributed by atoms with Gasteiger partial charge in [0.25, 0.3) is 0 Å². The molecule has 0 saturated heterocycles. The van der Waals surface area contributed by atoms with Gasteiger partial charge in [-0.05, 0) is 49.2 Å². The molecule has 1 unspecified atom stereocenters. The Morgan fingerprint density at radius 1 is 1.29 bits per heavy atom. The van der Waals surface area contributed by atoms with Crippen molar-refractivity contribution < 1.29 is 4.42 Å². The van der Waals surface area contributed by atoms with Crippen molar-refractivity contribution in [2.45, 2.75) is 26.3 Å². The van der Waals surface area contributed by atoms with Gasteiger partial charge >= 0.3 is 0 Å². The van der Waals surface area contributed by atoms with Crippen molar-refractivity contribution in [2.24, 2.45) is 5.73 Å². The van der Waals surface area contributed by atoms with Gasteiger partial charge in [-0.15, -0.1) is 0 Å². The summed E-state index contributed by atoms with van der Waals surface area (Å²) in [5.41, 5.74) is 8.09. The molecule has 1 heterocycles. The van der Waals surface area contributed by atoms with Crippen LogP contribution in [0.25, 0.3) is 11.3 Å². The lowest BCUT2D eigenvalue weighted by molar-refractivity contribution is 0.470. The smallest absolute Gasteiger partial charge is 0.134 e. The SMILES string of the molecule is CCC(N)c1ccc(-c2ccc(Cl)cc2C)o1. The van der Waals surface area contributed by atoms with Gasteiger partial charge in [0.15, 0.2) is 0 Å². The van der Waals surface area contributed by atoms with Crippen molar-refractivity contribution in [3.8, 4) is 11.3 Å². The van der Waals surface area contributed by atoms with Crippen LogP contribution >= 0.6 is 11.6 Å². The molecule has 0 aliphatic heterocycles. The van der Waals surface area contributed by atoms with Crippen LogP contribution in [0.4, 0.5) is 0 Å². The van der Waals surface area contributed by atoms with Gasteiger partial charge in [0.2, 0.25) is 0 Å². The van der Waals surface area contributed by atoms with Crippen molar-refractivity contribution in [1.82, 2.24) is 0 Å². The molecule has 3 heteroatoms. The summed E-state index contributed by atoms with van der Waals surface area (Å²) in [5, 5.41) is 0.739. The Kier molecular flexibility index (Phi) is 3.55. The second kappa shape index (κ2) is 4.94. The molecule has 17 heavy (non-hydrogen) atoms. The maximum absolute atomic E-state index is 5.93. The molecule has 1 aromatic heterocycles. The first-order valence-corrected chi connectivity index (χ1v) is 6.11. The first-order chi connectivity index (χ1) is 8.11. The molecule has 2 N–H and O–H groups in total. The molecule has 2 aromatic rings. The number of benzene rings is 1. The standard InChI is InChI=1S/C14H16ClNO/c1-3-12(16)14-7-6-13(17-14)11-5-4-10(15)8-9(11)2/h4-8,12H,3,16H2,1-2H3. The number of hydrogen-bond donors (Lipinski definition) is 1. The summed E-state index contributed by atoms with van der Waals surface area (Å²) in [7, 11) is 0. The van der Waals surface area contributed by atoms with E-state index in [0.29, 0.717) is 0 Å². The largest absolute Gasteiger partial charge is 0.459 e. The van der Waals surface area contributed by atoms with Gasteiger partial charge < -0.3 is 10.2 Å². The molecule has 0 fully saturated rings. The highest BCUT2D eigenvalue weighted by Gasteiger charge is 2.11. The lowest BCUT2D eigenvalue weighted by Crippen LogP contribution is -2.06. The number of furan rings is 1. The summed E-state index contributed by atoms with van der Waals surface area (Å²) in [4.78, 5) is 0. The first kappa shape index (κ1) is 12.2. The predicted octanol–water partition coefficient (Wildman–Crippen LogP) is 4.32. The van der Waals surface area contributed by atoms with E-state index in [4.69, 9.17) is 21.8 Å². The lowest BCUT2D eigenvalue weighted by Gasteiger charge is -2.05. The van der Waals surface area contributed by atoms with Crippen LogP contribution in [-0.2, 0) is 0 Å². The van der Waals surface area contributed by atoms with Crippen molar-refractivity contribution in [1.29, 1.82) is 0 Å². The highest BCUT2D eigenvalue weighted by atomic mass is 35.5. The summed E-state index contributed by atoms with van der Waals surface area (Å²) < 4.78 is 5.77. The Labute approximate surface area is 106 Å². The Morgan fingerprint density at radius 3 is 2.71 bits per heavy atom. The third-order valence-electron chi connectivity index (χ3n) is 2.89.